The standard InChI is InChI=1S/C20H26N6O/c1-13-11-17(22-20(21-13)19-14(2)24-27-15(19)3)18-7-5-6-9-26(18)12-16-8-10-25(4)23-16/h8,10-11,18H,5-7,9,12H2,1-4H3. The summed E-state index contributed by atoms with van der Waals surface area (Å²) in [5.41, 5.74) is 4.89. The molecule has 0 aromatic carbocycles. The Hall–Kier alpha value is -2.54. The fourth-order valence-electron chi connectivity index (χ4n) is 3.95. The van der Waals surface area contributed by atoms with E-state index in [0.717, 1.165) is 53.6 Å². The first-order valence-corrected chi connectivity index (χ1v) is 9.52. The van der Waals surface area contributed by atoms with Crippen LogP contribution in [-0.4, -0.2) is 36.3 Å². The molecule has 7 heteroatoms. The maximum absolute atomic E-state index is 5.33. The van der Waals surface area contributed by atoms with Crippen LogP contribution in [0.1, 0.15) is 53.8 Å². The minimum atomic E-state index is 0.279. The Morgan fingerprint density at radius 3 is 2.74 bits per heavy atom. The molecule has 0 radical (unpaired) electrons. The monoisotopic (exact) mass is 366 g/mol. The molecule has 1 saturated heterocycles. The van der Waals surface area contributed by atoms with Gasteiger partial charge >= 0.3 is 0 Å². The number of likely N-dealkylation sites (tertiary alicyclic amines) is 1. The lowest BCUT2D eigenvalue weighted by atomic mass is 9.98. The van der Waals surface area contributed by atoms with Crippen molar-refractivity contribution in [2.24, 2.45) is 7.05 Å². The van der Waals surface area contributed by atoms with Crippen LogP contribution in [0.2, 0.25) is 0 Å². The Bertz CT molecular complexity index is 924. The minimum absolute atomic E-state index is 0.279. The molecule has 7 nitrogen and oxygen atoms in total. The summed E-state index contributed by atoms with van der Waals surface area (Å²) in [4.78, 5) is 12.1. The average molecular weight is 366 g/mol. The maximum Gasteiger partial charge on any atom is 0.165 e. The van der Waals surface area contributed by atoms with Gasteiger partial charge in [-0.2, -0.15) is 5.10 Å². The topological polar surface area (TPSA) is 72.9 Å². The summed E-state index contributed by atoms with van der Waals surface area (Å²) < 4.78 is 7.19. The quantitative estimate of drug-likeness (QED) is 0.703. The van der Waals surface area contributed by atoms with Gasteiger partial charge in [0.1, 0.15) is 5.76 Å². The molecule has 3 aromatic heterocycles. The number of piperidine rings is 1. The predicted octanol–water partition coefficient (Wildman–Crippen LogP) is 3.52. The summed E-state index contributed by atoms with van der Waals surface area (Å²) in [6.45, 7) is 7.78. The molecule has 0 bridgehead atoms. The summed E-state index contributed by atoms with van der Waals surface area (Å²) >= 11 is 0. The van der Waals surface area contributed by atoms with Gasteiger partial charge < -0.3 is 4.52 Å². The van der Waals surface area contributed by atoms with E-state index in [-0.39, 0.29) is 6.04 Å². The van der Waals surface area contributed by atoms with Gasteiger partial charge in [-0.05, 0) is 52.3 Å². The lowest BCUT2D eigenvalue weighted by Crippen LogP contribution is -2.33. The fraction of sp³-hybridized carbons (Fsp3) is 0.500. The molecule has 142 valence electrons. The van der Waals surface area contributed by atoms with Crippen LogP contribution >= 0.6 is 0 Å². The number of hydrogen-bond acceptors (Lipinski definition) is 6. The second-order valence-corrected chi connectivity index (χ2v) is 7.42. The van der Waals surface area contributed by atoms with Gasteiger partial charge in [0.2, 0.25) is 0 Å². The van der Waals surface area contributed by atoms with Crippen molar-refractivity contribution in [3.8, 4) is 11.4 Å². The Kier molecular flexibility index (Phi) is 4.78. The van der Waals surface area contributed by atoms with Crippen LogP contribution in [0, 0.1) is 20.8 Å². The summed E-state index contributed by atoms with van der Waals surface area (Å²) in [6.07, 6.45) is 5.53. The zero-order valence-electron chi connectivity index (χ0n) is 16.4. The third-order valence-electron chi connectivity index (χ3n) is 5.22. The van der Waals surface area contributed by atoms with Crippen molar-refractivity contribution in [1.82, 2.24) is 29.8 Å². The molecule has 0 aliphatic carbocycles. The molecule has 1 atom stereocenters. The molecule has 0 amide bonds. The smallest absolute Gasteiger partial charge is 0.165 e. The van der Waals surface area contributed by atoms with E-state index in [4.69, 9.17) is 9.51 Å². The lowest BCUT2D eigenvalue weighted by molar-refractivity contribution is 0.135. The number of rotatable bonds is 4. The summed E-state index contributed by atoms with van der Waals surface area (Å²) in [5.74, 6) is 1.47. The number of aromatic nitrogens is 5. The van der Waals surface area contributed by atoms with Crippen molar-refractivity contribution >= 4 is 0 Å². The van der Waals surface area contributed by atoms with E-state index in [1.165, 1.54) is 12.8 Å². The SMILES string of the molecule is Cc1cc(C2CCCCN2Cc2ccn(C)n2)nc(-c2c(C)noc2C)n1. The molecule has 0 spiro atoms. The van der Waals surface area contributed by atoms with Crippen LogP contribution in [0.5, 0.6) is 0 Å². The van der Waals surface area contributed by atoms with Gasteiger partial charge in [-0.15, -0.1) is 0 Å². The maximum atomic E-state index is 5.33. The van der Waals surface area contributed by atoms with Gasteiger partial charge in [0.15, 0.2) is 5.82 Å². The first-order valence-electron chi connectivity index (χ1n) is 9.52. The zero-order chi connectivity index (χ0) is 19.0. The highest BCUT2D eigenvalue weighted by Crippen LogP contribution is 2.33. The average Bonchev–Trinajstić information content (AvgIpc) is 3.19. The molecule has 0 saturated carbocycles. The lowest BCUT2D eigenvalue weighted by Gasteiger charge is -2.35. The molecule has 4 rings (SSSR count). The minimum Gasteiger partial charge on any atom is -0.361 e. The molecule has 4 heterocycles. The van der Waals surface area contributed by atoms with E-state index >= 15 is 0 Å². The van der Waals surface area contributed by atoms with E-state index in [2.05, 4.69) is 32.3 Å². The first kappa shape index (κ1) is 17.9. The van der Waals surface area contributed by atoms with E-state index < -0.39 is 0 Å². The van der Waals surface area contributed by atoms with Gasteiger partial charge in [-0.1, -0.05) is 11.6 Å². The molecule has 3 aromatic rings. The van der Waals surface area contributed by atoms with Crippen molar-refractivity contribution in [3.63, 3.8) is 0 Å². The first-order chi connectivity index (χ1) is 13.0. The van der Waals surface area contributed by atoms with Gasteiger partial charge in [0.05, 0.1) is 28.7 Å². The van der Waals surface area contributed by atoms with E-state index in [1.54, 1.807) is 0 Å². The molecular formula is C20H26N6O. The van der Waals surface area contributed by atoms with Crippen LogP contribution in [-0.2, 0) is 13.6 Å². The van der Waals surface area contributed by atoms with E-state index in [0.29, 0.717) is 5.82 Å². The third-order valence-corrected chi connectivity index (χ3v) is 5.22. The van der Waals surface area contributed by atoms with Crippen LogP contribution in [0.25, 0.3) is 11.4 Å². The highest BCUT2D eigenvalue weighted by atomic mass is 16.5. The normalized spacial score (nSPS) is 18.1. The van der Waals surface area contributed by atoms with E-state index in [1.807, 2.05) is 38.7 Å². The van der Waals surface area contributed by atoms with E-state index in [9.17, 15) is 0 Å². The summed E-state index contributed by atoms with van der Waals surface area (Å²) in [5, 5.41) is 8.61. The second-order valence-electron chi connectivity index (χ2n) is 7.42. The van der Waals surface area contributed by atoms with Gasteiger partial charge in [0.25, 0.3) is 0 Å². The summed E-state index contributed by atoms with van der Waals surface area (Å²) in [6, 6.07) is 4.48. The zero-order valence-corrected chi connectivity index (χ0v) is 16.4. The number of aryl methyl sites for hydroxylation is 4. The van der Waals surface area contributed by atoms with Crippen molar-refractivity contribution in [2.45, 2.75) is 52.6 Å². The van der Waals surface area contributed by atoms with Gasteiger partial charge in [-0.3, -0.25) is 9.58 Å². The van der Waals surface area contributed by atoms with Crippen LogP contribution in [0.3, 0.4) is 0 Å². The number of nitrogens with zero attached hydrogens (tertiary/aromatic N) is 6. The number of hydrogen-bond donors (Lipinski definition) is 0. The molecule has 1 aliphatic heterocycles. The van der Waals surface area contributed by atoms with Gasteiger partial charge in [0, 0.05) is 25.5 Å². The molecular weight excluding hydrogens is 340 g/mol. The van der Waals surface area contributed by atoms with Crippen LogP contribution < -0.4 is 0 Å². The van der Waals surface area contributed by atoms with Crippen molar-refractivity contribution < 1.29 is 4.52 Å². The second kappa shape index (κ2) is 7.23. The third kappa shape index (κ3) is 3.64. The highest BCUT2D eigenvalue weighted by Gasteiger charge is 2.27. The molecule has 27 heavy (non-hydrogen) atoms. The Labute approximate surface area is 159 Å². The Balaban J connectivity index is 1.68. The Morgan fingerprint density at radius 1 is 1.19 bits per heavy atom. The van der Waals surface area contributed by atoms with Gasteiger partial charge in [-0.25, -0.2) is 9.97 Å². The largest absolute Gasteiger partial charge is 0.361 e. The summed E-state index contributed by atoms with van der Waals surface area (Å²) in [7, 11) is 1.96. The molecule has 1 fully saturated rings. The molecule has 0 N–H and O–H groups in total. The molecule has 1 aliphatic rings. The van der Waals surface area contributed by atoms with Crippen molar-refractivity contribution in [3.05, 3.63) is 46.9 Å². The Morgan fingerprint density at radius 2 is 2.04 bits per heavy atom. The fourth-order valence-corrected chi connectivity index (χ4v) is 3.95. The van der Waals surface area contributed by atoms with Crippen molar-refractivity contribution in [1.29, 1.82) is 0 Å². The molecule has 1 unspecified atom stereocenters. The predicted molar refractivity (Wildman–Crippen MR) is 102 cm³/mol. The van der Waals surface area contributed by atoms with Crippen molar-refractivity contribution in [2.75, 3.05) is 6.54 Å². The van der Waals surface area contributed by atoms with Crippen LogP contribution in [0.4, 0.5) is 0 Å². The van der Waals surface area contributed by atoms with Crippen LogP contribution in [0.15, 0.2) is 22.9 Å². The highest BCUT2D eigenvalue weighted by molar-refractivity contribution is 5.60.